The van der Waals surface area contributed by atoms with Crippen LogP contribution in [0, 0.1) is 0 Å². The molecular formula is C14H19F4Ni. The fourth-order valence-electron chi connectivity index (χ4n) is 1.77. The summed E-state index contributed by atoms with van der Waals surface area (Å²) >= 11 is 0.0361. The van der Waals surface area contributed by atoms with E-state index in [1.807, 2.05) is 6.08 Å². The van der Waals surface area contributed by atoms with Crippen molar-refractivity contribution in [3.63, 3.8) is 0 Å². The Morgan fingerprint density at radius 3 is 2.37 bits per heavy atom. The topological polar surface area (TPSA) is 0 Å². The molecule has 0 heterocycles. The SMILES string of the molecule is F[C](=[Ni][C]1=CCCC=CCCCCCC1)C(F)(F)F. The van der Waals surface area contributed by atoms with E-state index in [4.69, 9.17) is 0 Å². The Labute approximate surface area is 117 Å². The van der Waals surface area contributed by atoms with Crippen molar-refractivity contribution >= 4 is 4.74 Å². The van der Waals surface area contributed by atoms with Gasteiger partial charge in [-0.1, -0.05) is 0 Å². The van der Waals surface area contributed by atoms with Crippen molar-refractivity contribution in [1.82, 2.24) is 0 Å². The van der Waals surface area contributed by atoms with Crippen molar-refractivity contribution < 1.29 is 31.6 Å². The third kappa shape index (κ3) is 7.66. The van der Waals surface area contributed by atoms with Gasteiger partial charge >= 0.3 is 117 Å². The van der Waals surface area contributed by atoms with Crippen LogP contribution in [0.3, 0.4) is 0 Å². The summed E-state index contributed by atoms with van der Waals surface area (Å²) in [5.74, 6) is 0. The molecule has 0 aromatic rings. The van der Waals surface area contributed by atoms with Crippen LogP contribution in [0.25, 0.3) is 0 Å². The first-order valence-corrected chi connectivity index (χ1v) is 7.51. The first-order valence-electron chi connectivity index (χ1n) is 6.52. The van der Waals surface area contributed by atoms with E-state index in [9.17, 15) is 17.6 Å². The van der Waals surface area contributed by atoms with Crippen LogP contribution in [0.5, 0.6) is 0 Å². The molecule has 0 unspecified atom stereocenters. The zero-order valence-corrected chi connectivity index (χ0v) is 11.7. The molecule has 0 aromatic carbocycles. The van der Waals surface area contributed by atoms with Gasteiger partial charge in [-0.2, -0.15) is 0 Å². The zero-order valence-electron chi connectivity index (χ0n) is 10.7. The third-order valence-corrected chi connectivity index (χ3v) is 4.00. The maximum atomic E-state index is 13.0. The van der Waals surface area contributed by atoms with Crippen molar-refractivity contribution in [1.29, 1.82) is 0 Å². The molecule has 0 saturated heterocycles. The summed E-state index contributed by atoms with van der Waals surface area (Å²) in [7, 11) is 0. The number of halogens is 4. The van der Waals surface area contributed by atoms with Crippen molar-refractivity contribution in [3.05, 3.63) is 22.8 Å². The van der Waals surface area contributed by atoms with Gasteiger partial charge in [0, 0.05) is 0 Å². The third-order valence-electron chi connectivity index (χ3n) is 2.74. The molecule has 1 aliphatic rings. The minimum absolute atomic E-state index is 0.0361. The minimum atomic E-state index is -4.84. The molecule has 1 aliphatic carbocycles. The second-order valence-electron chi connectivity index (χ2n) is 4.42. The van der Waals surface area contributed by atoms with Crippen molar-refractivity contribution in [3.8, 4) is 0 Å². The molecule has 0 aliphatic heterocycles. The first kappa shape index (κ1) is 16.6. The van der Waals surface area contributed by atoms with Crippen LogP contribution in [0.15, 0.2) is 22.8 Å². The number of alkyl halides is 3. The van der Waals surface area contributed by atoms with E-state index in [1.165, 1.54) is 0 Å². The molecule has 19 heavy (non-hydrogen) atoms. The summed E-state index contributed by atoms with van der Waals surface area (Å²) in [6.45, 7) is 0. The number of hydrogen-bond acceptors (Lipinski definition) is 0. The van der Waals surface area contributed by atoms with Crippen molar-refractivity contribution in [2.24, 2.45) is 0 Å². The van der Waals surface area contributed by atoms with E-state index in [1.54, 1.807) is 6.08 Å². The zero-order chi connectivity index (χ0) is 14.1. The number of allylic oxidation sites excluding steroid dienone is 4. The predicted octanol–water partition coefficient (Wildman–Crippen LogP) is 5.31. The summed E-state index contributed by atoms with van der Waals surface area (Å²) in [6.07, 6.45) is 8.19. The summed E-state index contributed by atoms with van der Waals surface area (Å²) < 4.78 is 48.1. The molecule has 0 N–H and O–H groups in total. The number of rotatable bonds is 1. The second kappa shape index (κ2) is 8.68. The van der Waals surface area contributed by atoms with E-state index in [0.717, 1.165) is 38.5 Å². The molecule has 0 saturated carbocycles. The van der Waals surface area contributed by atoms with Crippen LogP contribution in [0.1, 0.15) is 51.4 Å². The van der Waals surface area contributed by atoms with Crippen LogP contribution in [0.2, 0.25) is 0 Å². The fourth-order valence-corrected chi connectivity index (χ4v) is 2.73. The van der Waals surface area contributed by atoms with Gasteiger partial charge in [-0.25, -0.2) is 0 Å². The average molecular weight is 322 g/mol. The van der Waals surface area contributed by atoms with Gasteiger partial charge in [0.15, 0.2) is 0 Å². The van der Waals surface area contributed by atoms with E-state index < -0.39 is 10.9 Å². The molecule has 0 radical (unpaired) electrons. The average Bonchev–Trinajstić information content (AvgIpc) is 2.31. The van der Waals surface area contributed by atoms with Gasteiger partial charge in [0.2, 0.25) is 0 Å². The van der Waals surface area contributed by atoms with Crippen LogP contribution in [0.4, 0.5) is 17.6 Å². The van der Waals surface area contributed by atoms with E-state index >= 15 is 0 Å². The molecule has 0 fully saturated rings. The molecule has 113 valence electrons. The predicted molar refractivity (Wildman–Crippen MR) is 66.3 cm³/mol. The second-order valence-corrected chi connectivity index (χ2v) is 5.74. The van der Waals surface area contributed by atoms with Gasteiger partial charge in [-0.3, -0.25) is 0 Å². The summed E-state index contributed by atoms with van der Waals surface area (Å²) in [4.78, 5) is 0. The van der Waals surface area contributed by atoms with Crippen LogP contribution < -0.4 is 0 Å². The van der Waals surface area contributed by atoms with Crippen LogP contribution in [-0.4, -0.2) is 10.9 Å². The van der Waals surface area contributed by atoms with Gasteiger partial charge in [0.05, 0.1) is 0 Å². The standard InChI is InChI=1S/C12H19.C2F4.Ni/c1-2-4-6-8-10-12-11-9-7-5-3-1;3-1-2(4,5)6;/h1-2,7H,3-6,8,10-12H2;;. The van der Waals surface area contributed by atoms with Gasteiger partial charge in [0.1, 0.15) is 0 Å². The normalized spacial score (nSPS) is 21.3. The Balaban J connectivity index is 2.70. The number of hydrogen-bond donors (Lipinski definition) is 0. The van der Waals surface area contributed by atoms with E-state index in [0.29, 0.717) is 17.4 Å². The summed E-state index contributed by atoms with van der Waals surface area (Å²) in [5, 5.41) is 0. The maximum absolute atomic E-state index is 13.0. The Morgan fingerprint density at radius 2 is 1.63 bits per heavy atom. The van der Waals surface area contributed by atoms with Gasteiger partial charge in [0.25, 0.3) is 0 Å². The summed E-state index contributed by atoms with van der Waals surface area (Å²) in [5.41, 5.74) is 0. The molecule has 1 rings (SSSR count). The summed E-state index contributed by atoms with van der Waals surface area (Å²) in [6, 6.07) is 0. The van der Waals surface area contributed by atoms with Crippen LogP contribution in [-0.2, 0) is 14.0 Å². The van der Waals surface area contributed by atoms with E-state index in [-0.39, 0.29) is 14.0 Å². The van der Waals surface area contributed by atoms with Gasteiger partial charge < -0.3 is 0 Å². The fraction of sp³-hybridized carbons (Fsp3) is 0.643. The van der Waals surface area contributed by atoms with Crippen LogP contribution >= 0.6 is 0 Å². The molecule has 0 atom stereocenters. The molecule has 0 nitrogen and oxygen atoms in total. The van der Waals surface area contributed by atoms with Crippen molar-refractivity contribution in [2.45, 2.75) is 57.5 Å². The van der Waals surface area contributed by atoms with Crippen molar-refractivity contribution in [2.75, 3.05) is 0 Å². The van der Waals surface area contributed by atoms with Gasteiger partial charge in [-0.05, 0) is 0 Å². The Morgan fingerprint density at radius 1 is 0.947 bits per heavy atom. The molecule has 0 amide bonds. The molecule has 0 spiro atoms. The van der Waals surface area contributed by atoms with E-state index in [2.05, 4.69) is 6.08 Å². The Kier molecular flexibility index (Phi) is 7.59. The quantitative estimate of drug-likeness (QED) is 0.349. The Bertz CT molecular complexity index is 353. The van der Waals surface area contributed by atoms with Gasteiger partial charge in [-0.15, -0.1) is 0 Å². The monoisotopic (exact) mass is 321 g/mol. The molecular weight excluding hydrogens is 303 g/mol. The first-order chi connectivity index (χ1) is 9.00. The molecule has 5 heteroatoms. The molecule has 0 aromatic heterocycles. The molecule has 0 bridgehead atoms. The Hall–Kier alpha value is -0.436.